The minimum absolute atomic E-state index is 0.106. The summed E-state index contributed by atoms with van der Waals surface area (Å²) >= 11 is 1.68. The van der Waals surface area contributed by atoms with Crippen molar-refractivity contribution in [3.8, 4) is 0 Å². The van der Waals surface area contributed by atoms with Crippen molar-refractivity contribution < 1.29 is 9.59 Å². The highest BCUT2D eigenvalue weighted by molar-refractivity contribution is 8.00. The third kappa shape index (κ3) is 2.69. The number of carbonyl (C=O) groups excluding carboxylic acids is 2. The topological polar surface area (TPSA) is 61.2 Å². The minimum atomic E-state index is -0.591. The number of carbonyl (C=O) groups is 2. The first-order chi connectivity index (χ1) is 9.66. The zero-order valence-electron chi connectivity index (χ0n) is 11.8. The van der Waals surface area contributed by atoms with Crippen molar-refractivity contribution in [3.63, 3.8) is 0 Å². The Labute approximate surface area is 124 Å². The lowest BCUT2D eigenvalue weighted by molar-refractivity contribution is -0.145. The number of hydrogen-bond acceptors (Lipinski definition) is 3. The highest BCUT2D eigenvalue weighted by Gasteiger charge is 2.46. The van der Waals surface area contributed by atoms with Gasteiger partial charge in [-0.15, -0.1) is 11.8 Å². The van der Waals surface area contributed by atoms with E-state index in [1.807, 2.05) is 0 Å². The van der Waals surface area contributed by atoms with Crippen LogP contribution in [0, 0.1) is 11.8 Å². The molecule has 2 heterocycles. The molecule has 1 unspecified atom stereocenters. The molecule has 0 aromatic carbocycles. The molecule has 20 heavy (non-hydrogen) atoms. The van der Waals surface area contributed by atoms with E-state index in [0.717, 1.165) is 19.3 Å². The van der Waals surface area contributed by atoms with Crippen LogP contribution in [0.1, 0.15) is 51.4 Å². The van der Waals surface area contributed by atoms with Crippen LogP contribution in [0.25, 0.3) is 0 Å². The van der Waals surface area contributed by atoms with Crippen LogP contribution < -0.4 is 5.73 Å². The summed E-state index contributed by atoms with van der Waals surface area (Å²) in [4.78, 5) is 25.8. The smallest absolute Gasteiger partial charge is 0.262 e. The van der Waals surface area contributed by atoms with Gasteiger partial charge in [-0.05, 0) is 25.2 Å². The van der Waals surface area contributed by atoms with Crippen LogP contribution in [-0.4, -0.2) is 33.9 Å². The van der Waals surface area contributed by atoms with Crippen molar-refractivity contribution in [1.82, 2.24) is 10.6 Å². The molecule has 1 N–H and O–H groups in total. The molecule has 3 aliphatic rings. The average molecular weight is 295 g/mol. The zero-order valence-corrected chi connectivity index (χ0v) is 12.7. The molecule has 111 valence electrons. The Morgan fingerprint density at radius 1 is 1.20 bits per heavy atom. The number of fused-ring (bicyclic) bond motifs is 1. The molecule has 0 aromatic rings. The highest BCUT2D eigenvalue weighted by Crippen LogP contribution is 2.41. The van der Waals surface area contributed by atoms with E-state index < -0.39 is 11.9 Å². The molecule has 0 bridgehead atoms. The second kappa shape index (κ2) is 5.96. The SMILES string of the molecule is [NH]C(=O)[C@@H]1CSC2CC[C@@H](CC3CCCCC3)C(=O)N21. The Hall–Kier alpha value is -0.710. The quantitative estimate of drug-likeness (QED) is 0.803. The molecule has 1 saturated carbocycles. The molecule has 2 saturated heterocycles. The first kappa shape index (κ1) is 14.2. The molecule has 5 heteroatoms. The summed E-state index contributed by atoms with van der Waals surface area (Å²) in [6, 6.07) is -0.480. The lowest BCUT2D eigenvalue weighted by Crippen LogP contribution is -2.51. The van der Waals surface area contributed by atoms with E-state index in [-0.39, 0.29) is 17.2 Å². The summed E-state index contributed by atoms with van der Waals surface area (Å²) < 4.78 is 0. The molecule has 3 atom stereocenters. The summed E-state index contributed by atoms with van der Waals surface area (Å²) in [5.74, 6) is 0.994. The summed E-state index contributed by atoms with van der Waals surface area (Å²) in [7, 11) is 0. The van der Waals surface area contributed by atoms with Gasteiger partial charge < -0.3 is 4.90 Å². The number of piperidine rings is 1. The number of thioether (sulfide) groups is 1. The molecule has 1 radical (unpaired) electrons. The molecule has 2 aliphatic heterocycles. The molecule has 0 spiro atoms. The van der Waals surface area contributed by atoms with Gasteiger partial charge in [0.05, 0.1) is 5.37 Å². The van der Waals surface area contributed by atoms with E-state index in [0.29, 0.717) is 11.7 Å². The van der Waals surface area contributed by atoms with E-state index >= 15 is 0 Å². The third-order valence-electron chi connectivity index (χ3n) is 5.10. The molecule has 2 amide bonds. The van der Waals surface area contributed by atoms with Crippen LogP contribution in [-0.2, 0) is 9.59 Å². The summed E-state index contributed by atoms with van der Waals surface area (Å²) in [6.45, 7) is 0. The molecule has 3 fully saturated rings. The van der Waals surface area contributed by atoms with E-state index in [9.17, 15) is 9.59 Å². The maximum absolute atomic E-state index is 12.7. The van der Waals surface area contributed by atoms with Crippen molar-refractivity contribution in [2.75, 3.05) is 5.75 Å². The van der Waals surface area contributed by atoms with Gasteiger partial charge in [-0.1, -0.05) is 32.1 Å². The van der Waals surface area contributed by atoms with Gasteiger partial charge in [0.2, 0.25) is 5.91 Å². The van der Waals surface area contributed by atoms with Crippen LogP contribution >= 0.6 is 11.8 Å². The second-order valence-electron chi connectivity index (χ2n) is 6.43. The van der Waals surface area contributed by atoms with Gasteiger partial charge in [0.25, 0.3) is 5.91 Å². The number of nitrogens with zero attached hydrogens (tertiary/aromatic N) is 1. The minimum Gasteiger partial charge on any atom is -0.318 e. The van der Waals surface area contributed by atoms with Gasteiger partial charge in [-0.25, -0.2) is 0 Å². The van der Waals surface area contributed by atoms with Gasteiger partial charge in [0, 0.05) is 11.7 Å². The van der Waals surface area contributed by atoms with Crippen LogP contribution in [0.5, 0.6) is 0 Å². The van der Waals surface area contributed by atoms with Crippen LogP contribution in [0.4, 0.5) is 0 Å². The molecule has 3 rings (SSSR count). The van der Waals surface area contributed by atoms with Gasteiger partial charge in [-0.2, -0.15) is 0 Å². The van der Waals surface area contributed by atoms with Crippen LogP contribution in [0.3, 0.4) is 0 Å². The van der Waals surface area contributed by atoms with Crippen LogP contribution in [0.15, 0.2) is 0 Å². The number of rotatable bonds is 3. The first-order valence-electron chi connectivity index (χ1n) is 7.86. The lowest BCUT2D eigenvalue weighted by Gasteiger charge is -2.37. The number of nitrogens with one attached hydrogen (secondary N) is 1. The summed E-state index contributed by atoms with van der Waals surface area (Å²) in [5.41, 5.74) is 7.36. The summed E-state index contributed by atoms with van der Waals surface area (Å²) in [5, 5.41) is 0.157. The molecule has 4 nitrogen and oxygen atoms in total. The van der Waals surface area contributed by atoms with Crippen molar-refractivity contribution in [2.24, 2.45) is 11.8 Å². The second-order valence-corrected chi connectivity index (χ2v) is 7.64. The van der Waals surface area contributed by atoms with Crippen molar-refractivity contribution in [3.05, 3.63) is 0 Å². The Kier molecular flexibility index (Phi) is 4.24. The van der Waals surface area contributed by atoms with E-state index in [2.05, 4.69) is 0 Å². The standard InChI is InChI=1S/C15H23N2O2S/c16-14(18)12-9-20-13-7-6-11(15(19)17(12)13)8-10-4-2-1-3-5-10/h10-13,16H,1-9H2/t11-,12-,13?/m0/s1. The van der Waals surface area contributed by atoms with Gasteiger partial charge in [0.15, 0.2) is 0 Å². The lowest BCUT2D eigenvalue weighted by atomic mass is 9.80. The molecule has 1 aliphatic carbocycles. The Bertz CT molecular complexity index is 395. The average Bonchev–Trinajstić information content (AvgIpc) is 2.88. The van der Waals surface area contributed by atoms with Gasteiger partial charge in [-0.3, -0.25) is 15.3 Å². The van der Waals surface area contributed by atoms with E-state index in [1.165, 1.54) is 32.1 Å². The highest BCUT2D eigenvalue weighted by atomic mass is 32.2. The predicted molar refractivity (Wildman–Crippen MR) is 78.9 cm³/mol. The zero-order chi connectivity index (χ0) is 14.1. The fourth-order valence-corrected chi connectivity index (χ4v) is 5.44. The summed E-state index contributed by atoms with van der Waals surface area (Å²) in [6.07, 6.45) is 9.47. The Morgan fingerprint density at radius 3 is 2.65 bits per heavy atom. The van der Waals surface area contributed by atoms with Crippen molar-refractivity contribution >= 4 is 23.6 Å². The normalized spacial score (nSPS) is 35.1. The van der Waals surface area contributed by atoms with Gasteiger partial charge in [0.1, 0.15) is 6.04 Å². The maximum atomic E-state index is 12.7. The maximum Gasteiger partial charge on any atom is 0.262 e. The van der Waals surface area contributed by atoms with Crippen LogP contribution in [0.2, 0.25) is 0 Å². The monoisotopic (exact) mass is 295 g/mol. The Balaban J connectivity index is 1.65. The van der Waals surface area contributed by atoms with E-state index in [1.54, 1.807) is 16.7 Å². The predicted octanol–water partition coefficient (Wildman–Crippen LogP) is 2.45. The fourth-order valence-electron chi connectivity index (χ4n) is 4.01. The molecule has 0 aromatic heterocycles. The van der Waals surface area contributed by atoms with E-state index in [4.69, 9.17) is 5.73 Å². The van der Waals surface area contributed by atoms with Gasteiger partial charge >= 0.3 is 0 Å². The fraction of sp³-hybridized carbons (Fsp3) is 0.867. The Morgan fingerprint density at radius 2 is 1.95 bits per heavy atom. The third-order valence-corrected chi connectivity index (χ3v) is 6.46. The van der Waals surface area contributed by atoms with Crippen molar-refractivity contribution in [2.45, 2.75) is 62.8 Å². The van der Waals surface area contributed by atoms with Crippen molar-refractivity contribution in [1.29, 1.82) is 0 Å². The largest absolute Gasteiger partial charge is 0.318 e. The molecular formula is C15H23N2O2S. The molecular weight excluding hydrogens is 272 g/mol. The number of amides is 2. The number of hydrogen-bond donors (Lipinski definition) is 0. The first-order valence-corrected chi connectivity index (χ1v) is 8.91.